The van der Waals surface area contributed by atoms with E-state index in [0.717, 1.165) is 11.3 Å². The van der Waals surface area contributed by atoms with Crippen LogP contribution in [0.15, 0.2) is 42.6 Å². The van der Waals surface area contributed by atoms with Crippen molar-refractivity contribution in [3.05, 3.63) is 53.2 Å². The van der Waals surface area contributed by atoms with Gasteiger partial charge in [-0.3, -0.25) is 4.79 Å². The van der Waals surface area contributed by atoms with Gasteiger partial charge in [-0.2, -0.15) is 0 Å². The van der Waals surface area contributed by atoms with Crippen molar-refractivity contribution < 1.29 is 9.53 Å². The molecule has 0 radical (unpaired) electrons. The van der Waals surface area contributed by atoms with Crippen LogP contribution in [0, 0.1) is 0 Å². The van der Waals surface area contributed by atoms with Crippen LogP contribution in [0.5, 0.6) is 5.75 Å². The number of hydrogen-bond donors (Lipinski definition) is 1. The minimum absolute atomic E-state index is 0.0735. The molecule has 2 heterocycles. The van der Waals surface area contributed by atoms with Gasteiger partial charge in [0.2, 0.25) is 5.91 Å². The first-order valence-corrected chi connectivity index (χ1v) is 6.76. The molecule has 1 N–H and O–H groups in total. The number of hydrogen-bond acceptors (Lipinski definition) is 3. The predicted molar refractivity (Wildman–Crippen MR) is 77.2 cm³/mol. The number of halogens is 1. The van der Waals surface area contributed by atoms with Crippen molar-refractivity contribution >= 4 is 23.3 Å². The maximum Gasteiger partial charge on any atom is 0.233 e. The third-order valence-electron chi connectivity index (χ3n) is 3.25. The van der Waals surface area contributed by atoms with E-state index in [4.69, 9.17) is 16.3 Å². The molecule has 1 unspecified atom stereocenters. The third-order valence-corrected chi connectivity index (χ3v) is 3.48. The standard InChI is InChI=1S/C15H13ClN2O2/c16-10-5-6-14(17-9-10)18-15(19)12-7-8-20-13-4-2-1-3-11(12)13/h1-6,9,12H,7-8H2,(H,17,18,19). The minimum Gasteiger partial charge on any atom is -0.493 e. The summed E-state index contributed by atoms with van der Waals surface area (Å²) in [6, 6.07) is 11.0. The highest BCUT2D eigenvalue weighted by molar-refractivity contribution is 6.30. The van der Waals surface area contributed by atoms with Crippen molar-refractivity contribution in [3.8, 4) is 5.75 Å². The van der Waals surface area contributed by atoms with E-state index in [2.05, 4.69) is 10.3 Å². The number of rotatable bonds is 2. The second-order valence-electron chi connectivity index (χ2n) is 4.58. The van der Waals surface area contributed by atoms with Gasteiger partial charge < -0.3 is 10.1 Å². The molecule has 1 aliphatic rings. The van der Waals surface area contributed by atoms with Gasteiger partial charge in [-0.25, -0.2) is 4.98 Å². The van der Waals surface area contributed by atoms with E-state index in [1.165, 1.54) is 6.20 Å². The Hall–Kier alpha value is -2.07. The average Bonchev–Trinajstić information content (AvgIpc) is 2.49. The van der Waals surface area contributed by atoms with Crippen LogP contribution in [0.1, 0.15) is 17.9 Å². The molecule has 4 nitrogen and oxygen atoms in total. The zero-order valence-electron chi connectivity index (χ0n) is 10.7. The molecule has 1 aromatic heterocycles. The van der Waals surface area contributed by atoms with Crippen molar-refractivity contribution in [1.82, 2.24) is 4.98 Å². The maximum atomic E-state index is 12.4. The number of pyridine rings is 1. The molecule has 20 heavy (non-hydrogen) atoms. The molecular weight excluding hydrogens is 276 g/mol. The Bertz CT molecular complexity index is 628. The number of benzene rings is 1. The monoisotopic (exact) mass is 288 g/mol. The van der Waals surface area contributed by atoms with Crippen LogP contribution in [-0.4, -0.2) is 17.5 Å². The maximum absolute atomic E-state index is 12.4. The van der Waals surface area contributed by atoms with E-state index < -0.39 is 0 Å². The first-order valence-electron chi connectivity index (χ1n) is 6.38. The molecule has 3 rings (SSSR count). The molecule has 0 bridgehead atoms. The Morgan fingerprint density at radius 2 is 2.15 bits per heavy atom. The topological polar surface area (TPSA) is 51.2 Å². The quantitative estimate of drug-likeness (QED) is 0.923. The molecule has 0 aliphatic carbocycles. The average molecular weight is 289 g/mol. The fourth-order valence-electron chi connectivity index (χ4n) is 2.28. The van der Waals surface area contributed by atoms with Crippen molar-refractivity contribution in [1.29, 1.82) is 0 Å². The summed E-state index contributed by atoms with van der Waals surface area (Å²) in [4.78, 5) is 16.4. The van der Waals surface area contributed by atoms with Gasteiger partial charge in [0.1, 0.15) is 11.6 Å². The Morgan fingerprint density at radius 1 is 1.30 bits per heavy atom. The molecule has 0 saturated carbocycles. The fraction of sp³-hybridized carbons (Fsp3) is 0.200. The molecule has 102 valence electrons. The number of fused-ring (bicyclic) bond motifs is 1. The molecule has 1 aromatic carbocycles. The van der Waals surface area contributed by atoms with Crippen LogP contribution in [0.3, 0.4) is 0 Å². The zero-order chi connectivity index (χ0) is 13.9. The van der Waals surface area contributed by atoms with Crippen LogP contribution in [-0.2, 0) is 4.79 Å². The lowest BCUT2D eigenvalue weighted by molar-refractivity contribution is -0.118. The summed E-state index contributed by atoms with van der Waals surface area (Å²) in [5.74, 6) is 0.999. The minimum atomic E-state index is -0.211. The number of amides is 1. The Kier molecular flexibility index (Phi) is 3.56. The predicted octanol–water partition coefficient (Wildman–Crippen LogP) is 3.24. The summed E-state index contributed by atoms with van der Waals surface area (Å²) >= 11 is 5.77. The smallest absolute Gasteiger partial charge is 0.233 e. The lowest BCUT2D eigenvalue weighted by Gasteiger charge is -2.24. The second kappa shape index (κ2) is 5.51. The van der Waals surface area contributed by atoms with Crippen molar-refractivity contribution in [3.63, 3.8) is 0 Å². The molecule has 5 heteroatoms. The number of carbonyl (C=O) groups excluding carboxylic acids is 1. The number of anilines is 1. The number of ether oxygens (including phenoxy) is 1. The van der Waals surface area contributed by atoms with Crippen molar-refractivity contribution in [2.45, 2.75) is 12.3 Å². The number of aromatic nitrogens is 1. The second-order valence-corrected chi connectivity index (χ2v) is 5.01. The van der Waals surface area contributed by atoms with Gasteiger partial charge in [-0.1, -0.05) is 29.8 Å². The normalized spacial score (nSPS) is 16.9. The number of para-hydroxylation sites is 1. The number of nitrogens with zero attached hydrogens (tertiary/aromatic N) is 1. The number of carbonyl (C=O) groups is 1. The lowest BCUT2D eigenvalue weighted by Crippen LogP contribution is -2.26. The first-order chi connectivity index (χ1) is 9.74. The highest BCUT2D eigenvalue weighted by Crippen LogP contribution is 2.33. The van der Waals surface area contributed by atoms with Crippen LogP contribution in [0.4, 0.5) is 5.82 Å². The van der Waals surface area contributed by atoms with Crippen LogP contribution < -0.4 is 10.1 Å². The SMILES string of the molecule is O=C(Nc1ccc(Cl)cn1)C1CCOc2ccccc21. The van der Waals surface area contributed by atoms with E-state index in [-0.39, 0.29) is 11.8 Å². The summed E-state index contributed by atoms with van der Waals surface area (Å²) < 4.78 is 5.56. The molecule has 1 atom stereocenters. The van der Waals surface area contributed by atoms with E-state index in [9.17, 15) is 4.79 Å². The molecule has 1 amide bonds. The summed E-state index contributed by atoms with van der Waals surface area (Å²) in [5, 5.41) is 3.36. The van der Waals surface area contributed by atoms with Gasteiger partial charge >= 0.3 is 0 Å². The van der Waals surface area contributed by atoms with Gasteiger partial charge in [0, 0.05) is 11.8 Å². The fourth-order valence-corrected chi connectivity index (χ4v) is 2.39. The summed E-state index contributed by atoms with van der Waals surface area (Å²) in [5.41, 5.74) is 0.921. The third kappa shape index (κ3) is 2.60. The highest BCUT2D eigenvalue weighted by atomic mass is 35.5. The number of nitrogens with one attached hydrogen (secondary N) is 1. The first kappa shape index (κ1) is 12.9. The zero-order valence-corrected chi connectivity index (χ0v) is 11.4. The Labute approximate surface area is 121 Å². The van der Waals surface area contributed by atoms with Crippen LogP contribution in [0.2, 0.25) is 5.02 Å². The molecule has 1 aliphatic heterocycles. The lowest BCUT2D eigenvalue weighted by atomic mass is 9.92. The van der Waals surface area contributed by atoms with Gasteiger partial charge in [0.25, 0.3) is 0 Å². The molecule has 0 spiro atoms. The van der Waals surface area contributed by atoms with E-state index in [1.807, 2.05) is 24.3 Å². The van der Waals surface area contributed by atoms with Crippen LogP contribution in [0.25, 0.3) is 0 Å². The van der Waals surface area contributed by atoms with Crippen molar-refractivity contribution in [2.24, 2.45) is 0 Å². The van der Waals surface area contributed by atoms with Gasteiger partial charge in [0.15, 0.2) is 0 Å². The summed E-state index contributed by atoms with van der Waals surface area (Å²) in [7, 11) is 0. The van der Waals surface area contributed by atoms with Crippen LogP contribution >= 0.6 is 11.6 Å². The van der Waals surface area contributed by atoms with Gasteiger partial charge in [-0.05, 0) is 24.6 Å². The molecule has 0 saturated heterocycles. The van der Waals surface area contributed by atoms with E-state index in [0.29, 0.717) is 23.9 Å². The van der Waals surface area contributed by atoms with Gasteiger partial charge in [0.05, 0.1) is 17.5 Å². The molecular formula is C15H13ClN2O2. The summed E-state index contributed by atoms with van der Waals surface area (Å²) in [6.07, 6.45) is 2.17. The highest BCUT2D eigenvalue weighted by Gasteiger charge is 2.27. The largest absolute Gasteiger partial charge is 0.493 e. The Balaban J connectivity index is 1.80. The van der Waals surface area contributed by atoms with E-state index in [1.54, 1.807) is 12.1 Å². The Morgan fingerprint density at radius 3 is 2.95 bits per heavy atom. The van der Waals surface area contributed by atoms with Gasteiger partial charge in [-0.15, -0.1) is 0 Å². The molecule has 0 fully saturated rings. The van der Waals surface area contributed by atoms with Crippen molar-refractivity contribution in [2.75, 3.05) is 11.9 Å². The summed E-state index contributed by atoms with van der Waals surface area (Å²) in [6.45, 7) is 0.545. The molecule has 2 aromatic rings. The van der Waals surface area contributed by atoms with E-state index >= 15 is 0 Å².